The highest BCUT2D eigenvalue weighted by atomic mass is 79.9. The number of alkyl halides is 2. The molecule has 0 atom stereocenters. The Morgan fingerprint density at radius 3 is 2.69 bits per heavy atom. The highest BCUT2D eigenvalue weighted by Gasteiger charge is 2.45. The lowest BCUT2D eigenvalue weighted by Crippen LogP contribution is -2.26. The number of anilines is 1. The molecule has 0 aromatic heterocycles. The van der Waals surface area contributed by atoms with Gasteiger partial charge >= 0.3 is 12.3 Å². The number of rotatable bonds is 1. The minimum absolute atomic E-state index is 0.0698. The van der Waals surface area contributed by atoms with Crippen molar-refractivity contribution in [1.29, 1.82) is 0 Å². The van der Waals surface area contributed by atoms with Crippen molar-refractivity contribution in [2.75, 3.05) is 5.73 Å². The van der Waals surface area contributed by atoms with Crippen molar-refractivity contribution in [3.63, 3.8) is 0 Å². The number of hydrogen-bond donors (Lipinski definition) is 2. The van der Waals surface area contributed by atoms with Crippen LogP contribution in [0.25, 0.3) is 0 Å². The summed E-state index contributed by atoms with van der Waals surface area (Å²) in [6, 6.07) is 0.888. The topological polar surface area (TPSA) is 81.8 Å². The fourth-order valence-electron chi connectivity index (χ4n) is 1.24. The smallest absolute Gasteiger partial charge is 0.478 e. The van der Waals surface area contributed by atoms with Crippen molar-refractivity contribution >= 4 is 27.6 Å². The second-order valence-electron chi connectivity index (χ2n) is 2.95. The third-order valence-corrected chi connectivity index (χ3v) is 2.69. The fourth-order valence-corrected chi connectivity index (χ4v) is 1.73. The molecule has 0 aliphatic carbocycles. The molecule has 0 saturated heterocycles. The molecule has 0 spiro atoms. The van der Waals surface area contributed by atoms with Crippen LogP contribution in [0.3, 0.4) is 0 Å². The summed E-state index contributed by atoms with van der Waals surface area (Å²) in [7, 11) is 0. The second kappa shape index (κ2) is 3.21. The minimum atomic E-state index is -3.81. The first kappa shape index (κ1) is 10.9. The maximum Gasteiger partial charge on any atom is 0.586 e. The van der Waals surface area contributed by atoms with Crippen LogP contribution in [-0.2, 0) is 0 Å². The quantitative estimate of drug-likeness (QED) is 0.775. The highest BCUT2D eigenvalue weighted by molar-refractivity contribution is 9.10. The van der Waals surface area contributed by atoms with E-state index in [4.69, 9.17) is 10.8 Å². The molecule has 1 aliphatic heterocycles. The third-order valence-electron chi connectivity index (χ3n) is 1.91. The molecule has 3 N–H and O–H groups in total. The number of carboxylic acids is 1. The molecule has 0 saturated carbocycles. The lowest BCUT2D eigenvalue weighted by Gasteiger charge is -2.06. The van der Waals surface area contributed by atoms with Gasteiger partial charge in [0.2, 0.25) is 0 Å². The SMILES string of the molecule is Nc1c(C(=O)O)cc2c(c1Br)OC(F)(F)O2. The van der Waals surface area contributed by atoms with Gasteiger partial charge in [0, 0.05) is 6.07 Å². The Morgan fingerprint density at radius 2 is 2.12 bits per heavy atom. The Bertz CT molecular complexity index is 491. The maximum absolute atomic E-state index is 12.7. The van der Waals surface area contributed by atoms with E-state index in [1.807, 2.05) is 0 Å². The summed E-state index contributed by atoms with van der Waals surface area (Å²) in [5.41, 5.74) is 4.89. The number of fused-ring (bicyclic) bond motifs is 1. The van der Waals surface area contributed by atoms with Gasteiger partial charge in [0.1, 0.15) is 0 Å². The van der Waals surface area contributed by atoms with Gasteiger partial charge in [-0.15, -0.1) is 8.78 Å². The van der Waals surface area contributed by atoms with Gasteiger partial charge in [0.05, 0.1) is 15.7 Å². The normalized spacial score (nSPS) is 16.2. The van der Waals surface area contributed by atoms with E-state index >= 15 is 0 Å². The van der Waals surface area contributed by atoms with Gasteiger partial charge in [-0.2, -0.15) is 0 Å². The lowest BCUT2D eigenvalue weighted by molar-refractivity contribution is -0.286. The summed E-state index contributed by atoms with van der Waals surface area (Å²) in [5, 5.41) is 8.77. The monoisotopic (exact) mass is 295 g/mol. The van der Waals surface area contributed by atoms with E-state index in [1.54, 1.807) is 0 Å². The van der Waals surface area contributed by atoms with Gasteiger partial charge in [-0.3, -0.25) is 0 Å². The standard InChI is InChI=1S/C8H4BrF2NO4/c9-4-5(12)2(7(13)14)1-3-6(4)16-8(10,11)15-3/h1H,12H2,(H,13,14). The van der Waals surface area contributed by atoms with Crippen molar-refractivity contribution in [3.8, 4) is 11.5 Å². The molecular formula is C8H4BrF2NO4. The van der Waals surface area contributed by atoms with Crippen LogP contribution in [0.2, 0.25) is 0 Å². The zero-order valence-corrected chi connectivity index (χ0v) is 9.05. The molecule has 0 unspecified atom stereocenters. The molecule has 1 aromatic carbocycles. The number of carbonyl (C=O) groups is 1. The molecule has 2 rings (SSSR count). The molecule has 0 amide bonds. The Hall–Kier alpha value is -1.57. The van der Waals surface area contributed by atoms with Crippen molar-refractivity contribution in [3.05, 3.63) is 16.1 Å². The number of ether oxygens (including phenoxy) is 2. The van der Waals surface area contributed by atoms with Gasteiger partial charge in [0.25, 0.3) is 0 Å². The molecule has 0 bridgehead atoms. The summed E-state index contributed by atoms with van der Waals surface area (Å²) in [5.74, 6) is -2.03. The van der Waals surface area contributed by atoms with Crippen LogP contribution in [0.5, 0.6) is 11.5 Å². The van der Waals surface area contributed by atoms with Crippen molar-refractivity contribution in [2.45, 2.75) is 6.29 Å². The predicted molar refractivity (Wildman–Crippen MR) is 51.7 cm³/mol. The summed E-state index contributed by atoms with van der Waals surface area (Å²) < 4.78 is 33.7. The van der Waals surface area contributed by atoms with Crippen LogP contribution in [0.15, 0.2) is 10.5 Å². The summed E-state index contributed by atoms with van der Waals surface area (Å²) in [4.78, 5) is 10.8. The van der Waals surface area contributed by atoms with Crippen LogP contribution in [0.4, 0.5) is 14.5 Å². The number of carboxylic acid groups (broad SMARTS) is 1. The van der Waals surface area contributed by atoms with E-state index in [1.165, 1.54) is 0 Å². The van der Waals surface area contributed by atoms with E-state index < -0.39 is 12.3 Å². The lowest BCUT2D eigenvalue weighted by atomic mass is 10.1. The Kier molecular flexibility index (Phi) is 2.19. The first-order valence-electron chi connectivity index (χ1n) is 3.93. The molecule has 1 aliphatic rings. The Labute approximate surface area is 95.9 Å². The number of halogens is 3. The van der Waals surface area contributed by atoms with E-state index in [-0.39, 0.29) is 27.2 Å². The van der Waals surface area contributed by atoms with E-state index in [0.29, 0.717) is 0 Å². The van der Waals surface area contributed by atoms with E-state index in [9.17, 15) is 13.6 Å². The molecule has 86 valence electrons. The van der Waals surface area contributed by atoms with E-state index in [2.05, 4.69) is 25.4 Å². The fraction of sp³-hybridized carbons (Fsp3) is 0.125. The number of nitrogen functional groups attached to an aromatic ring is 1. The van der Waals surface area contributed by atoms with Crippen molar-refractivity contribution in [1.82, 2.24) is 0 Å². The first-order chi connectivity index (χ1) is 7.32. The zero-order chi connectivity index (χ0) is 12.1. The van der Waals surface area contributed by atoms with Gasteiger partial charge in [0.15, 0.2) is 11.5 Å². The summed E-state index contributed by atoms with van der Waals surface area (Å²) in [6.45, 7) is 0. The van der Waals surface area contributed by atoms with Crippen LogP contribution in [0, 0.1) is 0 Å². The molecule has 5 nitrogen and oxygen atoms in total. The predicted octanol–water partition coefficient (Wildman–Crippen LogP) is 2.05. The minimum Gasteiger partial charge on any atom is -0.478 e. The molecule has 1 aromatic rings. The number of nitrogens with two attached hydrogens (primary N) is 1. The molecule has 8 heteroatoms. The van der Waals surface area contributed by atoms with Gasteiger partial charge in [-0.1, -0.05) is 0 Å². The van der Waals surface area contributed by atoms with E-state index in [0.717, 1.165) is 6.07 Å². The van der Waals surface area contributed by atoms with Crippen LogP contribution < -0.4 is 15.2 Å². The maximum atomic E-state index is 12.7. The van der Waals surface area contributed by atoms with Crippen LogP contribution in [0.1, 0.15) is 10.4 Å². The van der Waals surface area contributed by atoms with Gasteiger partial charge in [-0.05, 0) is 15.9 Å². The first-order valence-corrected chi connectivity index (χ1v) is 4.72. The van der Waals surface area contributed by atoms with Crippen LogP contribution >= 0.6 is 15.9 Å². The third kappa shape index (κ3) is 1.54. The Morgan fingerprint density at radius 1 is 1.50 bits per heavy atom. The summed E-state index contributed by atoms with van der Waals surface area (Å²) >= 11 is 2.88. The van der Waals surface area contributed by atoms with Gasteiger partial charge < -0.3 is 20.3 Å². The number of benzene rings is 1. The molecule has 16 heavy (non-hydrogen) atoms. The number of hydrogen-bond acceptors (Lipinski definition) is 4. The molecule has 0 fully saturated rings. The highest BCUT2D eigenvalue weighted by Crippen LogP contribution is 2.49. The van der Waals surface area contributed by atoms with Gasteiger partial charge in [-0.25, -0.2) is 4.79 Å². The Balaban J connectivity index is 2.62. The van der Waals surface area contributed by atoms with Crippen molar-refractivity contribution in [2.24, 2.45) is 0 Å². The summed E-state index contributed by atoms with van der Waals surface area (Å²) in [6.07, 6.45) is -3.81. The van der Waals surface area contributed by atoms with Crippen LogP contribution in [-0.4, -0.2) is 17.4 Å². The number of aromatic carboxylic acids is 1. The molecule has 1 heterocycles. The largest absolute Gasteiger partial charge is 0.586 e. The molecular weight excluding hydrogens is 292 g/mol. The average molecular weight is 296 g/mol. The zero-order valence-electron chi connectivity index (χ0n) is 7.46. The molecule has 0 radical (unpaired) electrons. The van der Waals surface area contributed by atoms with Crippen molar-refractivity contribution < 1.29 is 28.2 Å². The second-order valence-corrected chi connectivity index (χ2v) is 3.74. The average Bonchev–Trinajstić information content (AvgIpc) is 2.46.